The second-order valence-corrected chi connectivity index (χ2v) is 6.91. The van der Waals surface area contributed by atoms with Crippen molar-refractivity contribution in [2.45, 2.75) is 32.7 Å². The lowest BCUT2D eigenvalue weighted by molar-refractivity contribution is 0.271. The first-order valence-corrected chi connectivity index (χ1v) is 8.06. The van der Waals surface area contributed by atoms with Crippen molar-refractivity contribution >= 4 is 18.1 Å². The number of benzene rings is 1. The molecule has 1 unspecified atom stereocenters. The highest BCUT2D eigenvalue weighted by atomic mass is 35.5. The van der Waals surface area contributed by atoms with Crippen molar-refractivity contribution < 1.29 is 4.39 Å². The van der Waals surface area contributed by atoms with E-state index >= 15 is 0 Å². The molecule has 0 bridgehead atoms. The minimum Gasteiger partial charge on any atom is -0.371 e. The number of anilines is 1. The Bertz CT molecular complexity index is 505. The summed E-state index contributed by atoms with van der Waals surface area (Å²) in [7, 11) is 0. The van der Waals surface area contributed by atoms with Crippen molar-refractivity contribution in [1.29, 1.82) is 0 Å². The second kappa shape index (κ2) is 7.16. The Morgan fingerprint density at radius 3 is 2.59 bits per heavy atom. The monoisotopic (exact) mass is 327 g/mol. The van der Waals surface area contributed by atoms with E-state index in [0.717, 1.165) is 43.9 Å². The van der Waals surface area contributed by atoms with Gasteiger partial charge in [-0.05, 0) is 49.9 Å². The van der Waals surface area contributed by atoms with Crippen LogP contribution in [0.4, 0.5) is 10.1 Å². The van der Waals surface area contributed by atoms with E-state index < -0.39 is 0 Å². The minimum absolute atomic E-state index is 0. The molecular weight excluding hydrogens is 301 g/mol. The van der Waals surface area contributed by atoms with Crippen LogP contribution in [0.2, 0.25) is 0 Å². The normalized spacial score (nSPS) is 25.5. The van der Waals surface area contributed by atoms with Crippen LogP contribution in [0.1, 0.15) is 31.7 Å². The number of likely N-dealkylation sites (tertiary alicyclic amines) is 1. The number of hydrogen-bond donors (Lipinski definition) is 1. The van der Waals surface area contributed by atoms with E-state index in [1.54, 1.807) is 6.07 Å². The van der Waals surface area contributed by atoms with Gasteiger partial charge in [0.15, 0.2) is 0 Å². The molecule has 124 valence electrons. The Kier molecular flexibility index (Phi) is 5.70. The summed E-state index contributed by atoms with van der Waals surface area (Å²) >= 11 is 0. The van der Waals surface area contributed by atoms with E-state index in [-0.39, 0.29) is 23.6 Å². The highest BCUT2D eigenvalue weighted by Gasteiger charge is 2.33. The van der Waals surface area contributed by atoms with Gasteiger partial charge in [0, 0.05) is 37.4 Å². The van der Waals surface area contributed by atoms with Crippen molar-refractivity contribution in [2.24, 2.45) is 11.1 Å². The van der Waals surface area contributed by atoms with Crippen molar-refractivity contribution in [3.05, 3.63) is 29.6 Å². The molecule has 22 heavy (non-hydrogen) atoms. The molecule has 1 aromatic rings. The van der Waals surface area contributed by atoms with Crippen LogP contribution < -0.4 is 10.6 Å². The molecule has 1 aromatic carbocycles. The van der Waals surface area contributed by atoms with Crippen molar-refractivity contribution in [2.75, 3.05) is 37.6 Å². The van der Waals surface area contributed by atoms with Gasteiger partial charge in [-0.1, -0.05) is 13.0 Å². The van der Waals surface area contributed by atoms with E-state index in [2.05, 4.69) is 22.8 Å². The SMILES string of the molecule is CC1(CN)CCN(Cc2c(F)cccc2N2CCCC2)C1.Cl. The van der Waals surface area contributed by atoms with Crippen LogP contribution >= 0.6 is 12.4 Å². The molecule has 0 aromatic heterocycles. The van der Waals surface area contributed by atoms with Gasteiger partial charge in [-0.15, -0.1) is 12.4 Å². The maximum atomic E-state index is 14.4. The number of nitrogens with two attached hydrogens (primary N) is 1. The fourth-order valence-corrected chi connectivity index (χ4v) is 3.61. The van der Waals surface area contributed by atoms with Gasteiger partial charge in [0.05, 0.1) is 0 Å². The van der Waals surface area contributed by atoms with Gasteiger partial charge in [-0.3, -0.25) is 4.90 Å². The summed E-state index contributed by atoms with van der Waals surface area (Å²) in [6, 6.07) is 5.50. The van der Waals surface area contributed by atoms with Gasteiger partial charge < -0.3 is 10.6 Å². The van der Waals surface area contributed by atoms with Crippen LogP contribution in [-0.2, 0) is 6.54 Å². The average Bonchev–Trinajstić information content (AvgIpc) is 3.12. The molecule has 2 aliphatic rings. The van der Waals surface area contributed by atoms with Crippen LogP contribution in [0.5, 0.6) is 0 Å². The summed E-state index contributed by atoms with van der Waals surface area (Å²) in [6.07, 6.45) is 3.53. The van der Waals surface area contributed by atoms with Crippen molar-refractivity contribution in [1.82, 2.24) is 4.90 Å². The molecule has 0 aliphatic carbocycles. The quantitative estimate of drug-likeness (QED) is 0.922. The molecule has 1 atom stereocenters. The highest BCUT2D eigenvalue weighted by Crippen LogP contribution is 2.33. The molecule has 0 saturated carbocycles. The van der Waals surface area contributed by atoms with Crippen molar-refractivity contribution in [3.63, 3.8) is 0 Å². The minimum atomic E-state index is -0.0687. The summed E-state index contributed by atoms with van der Waals surface area (Å²) in [6.45, 7) is 7.73. The van der Waals surface area contributed by atoms with Gasteiger partial charge >= 0.3 is 0 Å². The summed E-state index contributed by atoms with van der Waals surface area (Å²) in [5.74, 6) is -0.0687. The summed E-state index contributed by atoms with van der Waals surface area (Å²) in [4.78, 5) is 4.68. The Labute approximate surface area is 139 Å². The van der Waals surface area contributed by atoms with E-state index in [4.69, 9.17) is 5.73 Å². The maximum absolute atomic E-state index is 14.4. The van der Waals surface area contributed by atoms with E-state index in [1.807, 2.05) is 6.07 Å². The smallest absolute Gasteiger partial charge is 0.129 e. The lowest BCUT2D eigenvalue weighted by Gasteiger charge is -2.26. The largest absolute Gasteiger partial charge is 0.371 e. The molecule has 0 spiro atoms. The molecule has 0 radical (unpaired) electrons. The maximum Gasteiger partial charge on any atom is 0.129 e. The van der Waals surface area contributed by atoms with Crippen molar-refractivity contribution in [3.8, 4) is 0 Å². The molecule has 2 N–H and O–H groups in total. The Hall–Kier alpha value is -0.840. The number of rotatable bonds is 4. The predicted molar refractivity (Wildman–Crippen MR) is 92.2 cm³/mol. The van der Waals surface area contributed by atoms with Crippen LogP contribution in [0.25, 0.3) is 0 Å². The molecule has 5 heteroatoms. The topological polar surface area (TPSA) is 32.5 Å². The molecule has 2 fully saturated rings. The van der Waals surface area contributed by atoms with Crippen LogP contribution in [0.15, 0.2) is 18.2 Å². The summed E-state index contributed by atoms with van der Waals surface area (Å²) in [5.41, 5.74) is 8.02. The molecule has 2 saturated heterocycles. The first-order valence-electron chi connectivity index (χ1n) is 8.06. The second-order valence-electron chi connectivity index (χ2n) is 6.91. The standard InChI is InChI=1S/C17H26FN3.ClH/c1-17(12-19)7-10-20(13-17)11-14-15(18)5-4-6-16(14)21-8-2-3-9-21;/h4-6H,2-3,7-13,19H2,1H3;1H. The molecule has 2 aliphatic heterocycles. The molecule has 2 heterocycles. The van der Waals surface area contributed by atoms with Gasteiger partial charge in [0.2, 0.25) is 0 Å². The van der Waals surface area contributed by atoms with E-state index in [9.17, 15) is 4.39 Å². The lowest BCUT2D eigenvalue weighted by Crippen LogP contribution is -2.31. The summed E-state index contributed by atoms with van der Waals surface area (Å²) in [5, 5.41) is 0. The average molecular weight is 328 g/mol. The van der Waals surface area contributed by atoms with Gasteiger partial charge in [-0.2, -0.15) is 0 Å². The Morgan fingerprint density at radius 2 is 1.95 bits per heavy atom. The summed E-state index contributed by atoms with van der Waals surface area (Å²) < 4.78 is 14.4. The highest BCUT2D eigenvalue weighted by molar-refractivity contribution is 5.85. The van der Waals surface area contributed by atoms with Crippen LogP contribution in [-0.4, -0.2) is 37.6 Å². The fourth-order valence-electron chi connectivity index (χ4n) is 3.61. The van der Waals surface area contributed by atoms with Crippen LogP contribution in [0.3, 0.4) is 0 Å². The number of halogens is 2. The molecular formula is C17H27ClFN3. The third-order valence-corrected chi connectivity index (χ3v) is 5.05. The predicted octanol–water partition coefficient (Wildman–Crippen LogP) is 3.02. The Balaban J connectivity index is 0.00000176. The molecule has 0 amide bonds. The number of hydrogen-bond acceptors (Lipinski definition) is 3. The van der Waals surface area contributed by atoms with Gasteiger partial charge in [0.25, 0.3) is 0 Å². The van der Waals surface area contributed by atoms with Gasteiger partial charge in [0.1, 0.15) is 5.82 Å². The van der Waals surface area contributed by atoms with Gasteiger partial charge in [-0.25, -0.2) is 4.39 Å². The first-order chi connectivity index (χ1) is 10.1. The third kappa shape index (κ3) is 3.55. The van der Waals surface area contributed by atoms with Crippen LogP contribution in [0, 0.1) is 11.2 Å². The fraction of sp³-hybridized carbons (Fsp3) is 0.647. The van der Waals surface area contributed by atoms with E-state index in [1.165, 1.54) is 12.8 Å². The van der Waals surface area contributed by atoms with E-state index in [0.29, 0.717) is 13.1 Å². The lowest BCUT2D eigenvalue weighted by atomic mass is 9.90. The zero-order chi connectivity index (χ0) is 14.9. The Morgan fingerprint density at radius 1 is 1.23 bits per heavy atom. The molecule has 3 rings (SSSR count). The zero-order valence-corrected chi connectivity index (χ0v) is 14.2. The number of nitrogens with zero attached hydrogens (tertiary/aromatic N) is 2. The first kappa shape index (κ1) is 17.5. The zero-order valence-electron chi connectivity index (χ0n) is 13.4. The molecule has 3 nitrogen and oxygen atoms in total. The third-order valence-electron chi connectivity index (χ3n) is 5.05.